The third kappa shape index (κ3) is 5.16. The molecule has 0 radical (unpaired) electrons. The monoisotopic (exact) mass is 407 g/mol. The standard InChI is InChI=1S/C20H25NO6S/c1-6-27-20(23)19-12(2)9-17(28-19)21-16(22)8-7-13-10-14(24-3)18(26-5)15(11-13)25-4/h9-11H,6-8H2,1-5H3,(H,21,22). The molecule has 0 atom stereocenters. The Balaban J connectivity index is 2.03. The summed E-state index contributed by atoms with van der Waals surface area (Å²) in [6.07, 6.45) is 0.766. The number of aryl methyl sites for hydroxylation is 2. The van der Waals surface area contributed by atoms with Gasteiger partial charge < -0.3 is 24.3 Å². The summed E-state index contributed by atoms with van der Waals surface area (Å²) in [7, 11) is 4.64. The highest BCUT2D eigenvalue weighted by atomic mass is 32.1. The first-order valence-corrected chi connectivity index (χ1v) is 9.61. The van der Waals surface area contributed by atoms with Gasteiger partial charge in [-0.3, -0.25) is 4.79 Å². The van der Waals surface area contributed by atoms with E-state index in [-0.39, 0.29) is 18.3 Å². The maximum atomic E-state index is 12.3. The molecule has 0 aliphatic carbocycles. The van der Waals surface area contributed by atoms with Crippen LogP contribution in [0, 0.1) is 6.92 Å². The fourth-order valence-corrected chi connectivity index (χ4v) is 3.66. The normalized spacial score (nSPS) is 10.3. The van der Waals surface area contributed by atoms with Gasteiger partial charge in [-0.1, -0.05) is 0 Å². The number of hydrogen-bond donors (Lipinski definition) is 1. The second kappa shape index (κ2) is 9.98. The number of ether oxygens (including phenoxy) is 4. The predicted molar refractivity (Wildman–Crippen MR) is 108 cm³/mol. The van der Waals surface area contributed by atoms with Crippen LogP contribution in [0.1, 0.15) is 34.1 Å². The second-order valence-electron chi connectivity index (χ2n) is 5.93. The van der Waals surface area contributed by atoms with Gasteiger partial charge in [0.2, 0.25) is 11.7 Å². The first kappa shape index (κ1) is 21.6. The van der Waals surface area contributed by atoms with E-state index in [1.807, 2.05) is 19.1 Å². The van der Waals surface area contributed by atoms with Gasteiger partial charge in [0, 0.05) is 6.42 Å². The van der Waals surface area contributed by atoms with Crippen LogP contribution in [0.2, 0.25) is 0 Å². The molecule has 1 N–H and O–H groups in total. The minimum Gasteiger partial charge on any atom is -0.493 e. The Morgan fingerprint density at radius 3 is 2.21 bits per heavy atom. The molecule has 1 amide bonds. The van der Waals surface area contributed by atoms with Gasteiger partial charge in [-0.15, -0.1) is 11.3 Å². The fourth-order valence-electron chi connectivity index (χ4n) is 2.68. The summed E-state index contributed by atoms with van der Waals surface area (Å²) < 4.78 is 21.0. The number of nitrogens with one attached hydrogen (secondary N) is 1. The molecule has 1 aromatic carbocycles. The zero-order valence-corrected chi connectivity index (χ0v) is 17.5. The third-order valence-electron chi connectivity index (χ3n) is 4.01. The van der Waals surface area contributed by atoms with Crippen LogP contribution in [0.3, 0.4) is 0 Å². The van der Waals surface area contributed by atoms with Gasteiger partial charge in [-0.2, -0.15) is 0 Å². The average Bonchev–Trinajstić information content (AvgIpc) is 3.05. The number of anilines is 1. The molecule has 0 spiro atoms. The molecule has 0 saturated heterocycles. The van der Waals surface area contributed by atoms with Gasteiger partial charge >= 0.3 is 5.97 Å². The van der Waals surface area contributed by atoms with Crippen molar-refractivity contribution in [1.29, 1.82) is 0 Å². The van der Waals surface area contributed by atoms with Crippen LogP contribution >= 0.6 is 11.3 Å². The zero-order valence-electron chi connectivity index (χ0n) is 16.7. The summed E-state index contributed by atoms with van der Waals surface area (Å²) >= 11 is 1.21. The molecule has 28 heavy (non-hydrogen) atoms. The summed E-state index contributed by atoms with van der Waals surface area (Å²) in [4.78, 5) is 24.7. The van der Waals surface area contributed by atoms with Crippen LogP contribution in [-0.2, 0) is 16.0 Å². The summed E-state index contributed by atoms with van der Waals surface area (Å²) in [5.41, 5.74) is 1.67. The quantitative estimate of drug-likeness (QED) is 0.636. The van der Waals surface area contributed by atoms with Crippen molar-refractivity contribution in [2.24, 2.45) is 0 Å². The highest BCUT2D eigenvalue weighted by Gasteiger charge is 2.17. The number of benzene rings is 1. The van der Waals surface area contributed by atoms with Crippen LogP contribution < -0.4 is 19.5 Å². The SMILES string of the molecule is CCOC(=O)c1sc(NC(=O)CCc2cc(OC)c(OC)c(OC)c2)cc1C. The Bertz CT molecular complexity index is 820. The van der Waals surface area contributed by atoms with E-state index in [2.05, 4.69) is 5.32 Å². The van der Waals surface area contributed by atoms with E-state index in [1.54, 1.807) is 34.3 Å². The van der Waals surface area contributed by atoms with Crippen molar-refractivity contribution in [1.82, 2.24) is 0 Å². The first-order valence-electron chi connectivity index (χ1n) is 8.79. The van der Waals surface area contributed by atoms with E-state index in [1.165, 1.54) is 11.3 Å². The van der Waals surface area contributed by atoms with E-state index in [9.17, 15) is 9.59 Å². The smallest absolute Gasteiger partial charge is 0.348 e. The molecule has 2 aromatic rings. The number of amides is 1. The molecule has 0 saturated carbocycles. The van der Waals surface area contributed by atoms with Gasteiger partial charge in [0.25, 0.3) is 0 Å². The van der Waals surface area contributed by atoms with E-state index in [0.717, 1.165) is 11.1 Å². The van der Waals surface area contributed by atoms with Crippen molar-refractivity contribution >= 4 is 28.2 Å². The first-order chi connectivity index (χ1) is 13.4. The Labute approximate surface area is 168 Å². The molecule has 1 heterocycles. The van der Waals surface area contributed by atoms with Crippen molar-refractivity contribution in [2.45, 2.75) is 26.7 Å². The van der Waals surface area contributed by atoms with Crippen LogP contribution in [0.15, 0.2) is 18.2 Å². The number of hydrogen-bond acceptors (Lipinski definition) is 7. The largest absolute Gasteiger partial charge is 0.493 e. The van der Waals surface area contributed by atoms with Crippen LogP contribution in [-0.4, -0.2) is 39.8 Å². The number of carbonyl (C=O) groups excluding carboxylic acids is 2. The van der Waals surface area contributed by atoms with Gasteiger partial charge in [0.1, 0.15) is 4.88 Å². The molecule has 8 heteroatoms. The molecule has 7 nitrogen and oxygen atoms in total. The zero-order chi connectivity index (χ0) is 20.7. The van der Waals surface area contributed by atoms with E-state index < -0.39 is 0 Å². The van der Waals surface area contributed by atoms with E-state index >= 15 is 0 Å². The highest BCUT2D eigenvalue weighted by Crippen LogP contribution is 2.38. The minimum absolute atomic E-state index is 0.148. The summed E-state index contributed by atoms with van der Waals surface area (Å²) in [5.74, 6) is 1.09. The lowest BCUT2D eigenvalue weighted by Gasteiger charge is -2.14. The van der Waals surface area contributed by atoms with Gasteiger partial charge in [0.05, 0.1) is 32.9 Å². The molecule has 152 valence electrons. The van der Waals surface area contributed by atoms with Crippen molar-refractivity contribution in [2.75, 3.05) is 33.3 Å². The molecule has 0 bridgehead atoms. The molecular weight excluding hydrogens is 382 g/mol. The maximum Gasteiger partial charge on any atom is 0.348 e. The molecule has 0 unspecified atom stereocenters. The Kier molecular flexibility index (Phi) is 7.69. The van der Waals surface area contributed by atoms with Crippen LogP contribution in [0.4, 0.5) is 5.00 Å². The van der Waals surface area contributed by atoms with Crippen LogP contribution in [0.5, 0.6) is 17.2 Å². The Morgan fingerprint density at radius 2 is 1.68 bits per heavy atom. The van der Waals surface area contributed by atoms with Crippen molar-refractivity contribution in [3.05, 3.63) is 34.2 Å². The molecule has 0 aliphatic heterocycles. The molecule has 2 rings (SSSR count). The van der Waals surface area contributed by atoms with Crippen molar-refractivity contribution in [3.63, 3.8) is 0 Å². The number of thiophene rings is 1. The molecule has 0 fully saturated rings. The van der Waals surface area contributed by atoms with Crippen molar-refractivity contribution in [3.8, 4) is 17.2 Å². The number of methoxy groups -OCH3 is 3. The molecule has 0 aliphatic rings. The van der Waals surface area contributed by atoms with Gasteiger partial charge in [-0.25, -0.2) is 4.79 Å². The second-order valence-corrected chi connectivity index (χ2v) is 6.98. The number of rotatable bonds is 9. The minimum atomic E-state index is -0.372. The van der Waals surface area contributed by atoms with Gasteiger partial charge in [-0.05, 0) is 49.6 Å². The third-order valence-corrected chi connectivity index (χ3v) is 5.14. The topological polar surface area (TPSA) is 83.1 Å². The Morgan fingerprint density at radius 1 is 1.04 bits per heavy atom. The molecule has 1 aromatic heterocycles. The predicted octanol–water partition coefficient (Wildman–Crippen LogP) is 3.83. The molecular formula is C20H25NO6S. The van der Waals surface area contributed by atoms with E-state index in [4.69, 9.17) is 18.9 Å². The summed E-state index contributed by atoms with van der Waals surface area (Å²) in [5, 5.41) is 3.46. The lowest BCUT2D eigenvalue weighted by atomic mass is 10.1. The summed E-state index contributed by atoms with van der Waals surface area (Å²) in [6, 6.07) is 5.42. The summed E-state index contributed by atoms with van der Waals surface area (Å²) in [6.45, 7) is 3.88. The lowest BCUT2D eigenvalue weighted by Crippen LogP contribution is -2.11. The lowest BCUT2D eigenvalue weighted by molar-refractivity contribution is -0.116. The number of carbonyl (C=O) groups is 2. The average molecular weight is 407 g/mol. The van der Waals surface area contributed by atoms with Gasteiger partial charge in [0.15, 0.2) is 11.5 Å². The fraction of sp³-hybridized carbons (Fsp3) is 0.400. The van der Waals surface area contributed by atoms with Crippen LogP contribution in [0.25, 0.3) is 0 Å². The Hall–Kier alpha value is -2.74. The van der Waals surface area contributed by atoms with Crippen molar-refractivity contribution < 1.29 is 28.5 Å². The number of esters is 1. The highest BCUT2D eigenvalue weighted by molar-refractivity contribution is 7.18. The van der Waals surface area contributed by atoms with E-state index in [0.29, 0.717) is 40.2 Å². The maximum absolute atomic E-state index is 12.3.